The zero-order valence-corrected chi connectivity index (χ0v) is 14.2. The first kappa shape index (κ1) is 16.5. The molecule has 0 aliphatic carbocycles. The van der Waals surface area contributed by atoms with Crippen molar-refractivity contribution in [2.45, 2.75) is 33.2 Å². The second kappa shape index (κ2) is 7.39. The minimum Gasteiger partial charge on any atom is -0.309 e. The molecular weight excluding hydrogens is 305 g/mol. The van der Waals surface area contributed by atoms with Gasteiger partial charge in [-0.2, -0.15) is 0 Å². The number of nitrogens with one attached hydrogen (secondary N) is 1. The van der Waals surface area contributed by atoms with E-state index < -0.39 is 0 Å². The van der Waals surface area contributed by atoms with Crippen LogP contribution in [-0.2, 0) is 0 Å². The van der Waals surface area contributed by atoms with Gasteiger partial charge in [-0.3, -0.25) is 0 Å². The van der Waals surface area contributed by atoms with E-state index in [0.717, 1.165) is 23.4 Å². The molecule has 114 valence electrons. The van der Waals surface area contributed by atoms with Crippen LogP contribution in [0.5, 0.6) is 0 Å². The van der Waals surface area contributed by atoms with Crippen LogP contribution < -0.4 is 5.32 Å². The Morgan fingerprint density at radius 1 is 1.24 bits per heavy atom. The number of benzene rings is 1. The predicted molar refractivity (Wildman–Crippen MR) is 90.6 cm³/mol. The maximum Gasteiger partial charge on any atom is 0.141 e. The fourth-order valence-corrected chi connectivity index (χ4v) is 3.72. The van der Waals surface area contributed by atoms with Gasteiger partial charge in [0.25, 0.3) is 0 Å². The van der Waals surface area contributed by atoms with E-state index in [1.165, 1.54) is 10.9 Å². The normalized spacial score (nSPS) is 12.9. The Labute approximate surface area is 135 Å². The van der Waals surface area contributed by atoms with Gasteiger partial charge in [0, 0.05) is 15.8 Å². The molecule has 1 atom stereocenters. The molecular formula is C17H21ClFNS. The van der Waals surface area contributed by atoms with Crippen molar-refractivity contribution in [2.75, 3.05) is 6.54 Å². The minimum atomic E-state index is -0.373. The smallest absolute Gasteiger partial charge is 0.141 e. The lowest BCUT2D eigenvalue weighted by Crippen LogP contribution is -2.25. The van der Waals surface area contributed by atoms with Crippen LogP contribution in [0.4, 0.5) is 4.39 Å². The highest BCUT2D eigenvalue weighted by atomic mass is 35.5. The van der Waals surface area contributed by atoms with Crippen molar-refractivity contribution < 1.29 is 4.39 Å². The first-order valence-corrected chi connectivity index (χ1v) is 8.51. The highest BCUT2D eigenvalue weighted by Gasteiger charge is 2.17. The van der Waals surface area contributed by atoms with Gasteiger partial charge in [-0.25, -0.2) is 4.39 Å². The molecule has 0 aliphatic heterocycles. The first-order valence-electron chi connectivity index (χ1n) is 7.31. The van der Waals surface area contributed by atoms with Crippen LogP contribution in [0, 0.1) is 11.7 Å². The Morgan fingerprint density at radius 2 is 2.00 bits per heavy atom. The molecule has 1 aromatic heterocycles. The summed E-state index contributed by atoms with van der Waals surface area (Å²) in [4.78, 5) is 2.43. The van der Waals surface area contributed by atoms with Crippen molar-refractivity contribution >= 4 is 22.9 Å². The van der Waals surface area contributed by atoms with Crippen LogP contribution in [0.2, 0.25) is 5.02 Å². The lowest BCUT2D eigenvalue weighted by molar-refractivity contribution is 0.418. The summed E-state index contributed by atoms with van der Waals surface area (Å²) in [6, 6.07) is 9.50. The molecule has 0 amide bonds. The van der Waals surface area contributed by atoms with Gasteiger partial charge >= 0.3 is 0 Å². The van der Waals surface area contributed by atoms with E-state index in [2.05, 4.69) is 38.2 Å². The largest absolute Gasteiger partial charge is 0.309 e. The van der Waals surface area contributed by atoms with Gasteiger partial charge in [-0.1, -0.05) is 38.4 Å². The van der Waals surface area contributed by atoms with Crippen molar-refractivity contribution in [3.63, 3.8) is 0 Å². The third kappa shape index (κ3) is 4.06. The topological polar surface area (TPSA) is 12.0 Å². The fourth-order valence-electron chi connectivity index (χ4n) is 2.29. The summed E-state index contributed by atoms with van der Waals surface area (Å²) in [7, 11) is 0. The number of halogens is 2. The highest BCUT2D eigenvalue weighted by molar-refractivity contribution is 7.15. The van der Waals surface area contributed by atoms with Crippen LogP contribution >= 0.6 is 22.9 Å². The van der Waals surface area contributed by atoms with Gasteiger partial charge in [-0.05, 0) is 48.7 Å². The summed E-state index contributed by atoms with van der Waals surface area (Å²) in [6.07, 6.45) is 1.12. The quantitative estimate of drug-likeness (QED) is 0.696. The molecule has 1 heterocycles. The molecule has 0 aliphatic rings. The van der Waals surface area contributed by atoms with E-state index in [1.54, 1.807) is 23.5 Å². The Balaban J connectivity index is 2.25. The molecule has 21 heavy (non-hydrogen) atoms. The van der Waals surface area contributed by atoms with E-state index in [0.29, 0.717) is 12.0 Å². The third-order valence-electron chi connectivity index (χ3n) is 3.42. The molecule has 0 bridgehead atoms. The molecule has 0 saturated carbocycles. The molecule has 1 nitrogen and oxygen atoms in total. The average Bonchev–Trinajstić information content (AvgIpc) is 2.91. The monoisotopic (exact) mass is 325 g/mol. The van der Waals surface area contributed by atoms with Gasteiger partial charge < -0.3 is 5.32 Å². The molecule has 2 aromatic rings. The zero-order chi connectivity index (χ0) is 15.4. The Bertz CT molecular complexity index is 594. The lowest BCUT2D eigenvalue weighted by atomic mass is 10.0. The van der Waals surface area contributed by atoms with Crippen molar-refractivity contribution in [1.82, 2.24) is 5.32 Å². The van der Waals surface area contributed by atoms with Gasteiger partial charge in [-0.15, -0.1) is 11.3 Å². The molecule has 4 heteroatoms. The van der Waals surface area contributed by atoms with E-state index in [-0.39, 0.29) is 10.8 Å². The Kier molecular flexibility index (Phi) is 5.80. The van der Waals surface area contributed by atoms with E-state index in [4.69, 9.17) is 11.6 Å². The number of rotatable bonds is 6. The van der Waals surface area contributed by atoms with Crippen LogP contribution in [0.1, 0.15) is 38.1 Å². The van der Waals surface area contributed by atoms with E-state index in [1.807, 2.05) is 0 Å². The number of thiophene rings is 1. The van der Waals surface area contributed by atoms with Gasteiger partial charge in [0.1, 0.15) is 5.82 Å². The maximum absolute atomic E-state index is 13.3. The molecule has 2 rings (SSSR count). The van der Waals surface area contributed by atoms with Crippen LogP contribution in [0.25, 0.3) is 10.4 Å². The summed E-state index contributed by atoms with van der Waals surface area (Å²) < 4.78 is 13.3. The van der Waals surface area contributed by atoms with Crippen molar-refractivity contribution in [3.8, 4) is 10.4 Å². The molecule has 1 aromatic carbocycles. The van der Waals surface area contributed by atoms with Gasteiger partial charge in [0.15, 0.2) is 0 Å². The number of hydrogen-bond donors (Lipinski definition) is 1. The van der Waals surface area contributed by atoms with Gasteiger partial charge in [0.05, 0.1) is 5.02 Å². The summed E-state index contributed by atoms with van der Waals surface area (Å²) in [5.41, 5.74) is 0.968. The molecule has 0 saturated heterocycles. The van der Waals surface area contributed by atoms with Crippen LogP contribution in [0.3, 0.4) is 0 Å². The van der Waals surface area contributed by atoms with E-state index in [9.17, 15) is 4.39 Å². The lowest BCUT2D eigenvalue weighted by Gasteiger charge is -2.20. The summed E-state index contributed by atoms with van der Waals surface area (Å²) in [6.45, 7) is 7.63. The molecule has 1 N–H and O–H groups in total. The zero-order valence-electron chi connectivity index (χ0n) is 12.6. The van der Waals surface area contributed by atoms with Crippen LogP contribution in [0.15, 0.2) is 30.3 Å². The average molecular weight is 326 g/mol. The summed E-state index contributed by atoms with van der Waals surface area (Å²) in [5.74, 6) is 0.154. The molecule has 1 unspecified atom stereocenters. The molecule has 0 fully saturated rings. The molecule has 0 spiro atoms. The first-order chi connectivity index (χ1) is 10.0. The van der Waals surface area contributed by atoms with Gasteiger partial charge in [0.2, 0.25) is 0 Å². The minimum absolute atomic E-state index is 0.173. The standard InChI is InChI=1S/C17H21ClFNS/c1-4-9-20-17(11(2)3)16-8-7-15(21-16)12-5-6-14(19)13(18)10-12/h5-8,10-11,17,20H,4,9H2,1-3H3. The second-order valence-corrected chi connectivity index (χ2v) is 7.03. The maximum atomic E-state index is 13.3. The Hall–Kier alpha value is -0.900. The predicted octanol–water partition coefficient (Wildman–Crippen LogP) is 5.90. The third-order valence-corrected chi connectivity index (χ3v) is 4.93. The van der Waals surface area contributed by atoms with Crippen molar-refractivity contribution in [2.24, 2.45) is 5.92 Å². The van der Waals surface area contributed by atoms with E-state index >= 15 is 0 Å². The highest BCUT2D eigenvalue weighted by Crippen LogP contribution is 2.35. The summed E-state index contributed by atoms with van der Waals surface area (Å²) >= 11 is 7.61. The fraction of sp³-hybridized carbons (Fsp3) is 0.412. The SMILES string of the molecule is CCCNC(c1ccc(-c2ccc(F)c(Cl)c2)s1)C(C)C. The van der Waals surface area contributed by atoms with Crippen molar-refractivity contribution in [1.29, 1.82) is 0 Å². The second-order valence-electron chi connectivity index (χ2n) is 5.51. The van der Waals surface area contributed by atoms with Crippen LogP contribution in [-0.4, -0.2) is 6.54 Å². The van der Waals surface area contributed by atoms with Crippen molar-refractivity contribution in [3.05, 3.63) is 46.0 Å². The number of hydrogen-bond acceptors (Lipinski definition) is 2. The Morgan fingerprint density at radius 3 is 2.62 bits per heavy atom. The molecule has 0 radical (unpaired) electrons. The summed E-state index contributed by atoms with van der Waals surface area (Å²) in [5, 5.41) is 3.77.